The average molecular weight is 448 g/mol. The summed E-state index contributed by atoms with van der Waals surface area (Å²) in [4.78, 5) is 40.8. The molecule has 0 saturated heterocycles. The van der Waals surface area contributed by atoms with Crippen molar-refractivity contribution >= 4 is 46.5 Å². The molecule has 0 unspecified atom stereocenters. The monoisotopic (exact) mass is 447 g/mol. The van der Waals surface area contributed by atoms with E-state index in [9.17, 15) is 14.4 Å². The molecule has 0 radical (unpaired) electrons. The molecule has 2 aromatic heterocycles. The summed E-state index contributed by atoms with van der Waals surface area (Å²) < 4.78 is 7.69. The van der Waals surface area contributed by atoms with E-state index >= 15 is 0 Å². The van der Waals surface area contributed by atoms with Crippen LogP contribution in [0.4, 0.5) is 0 Å². The molecule has 0 fully saturated rings. The standard InChI is InChI=1S/C18H18ClN7O3S/c1-10(30-23-15(20)11-4-6-12(19)7-5-11)22-13(27)8-26-9-21-16-14(26)17(28)25(3)18(29)24(16)2/h4-7,9H,1,8H2,2-3H3,(H2,20,23)(H,22,27). The van der Waals surface area contributed by atoms with Gasteiger partial charge in [0.05, 0.1) is 11.4 Å². The first-order valence-corrected chi connectivity index (χ1v) is 9.70. The van der Waals surface area contributed by atoms with Crippen molar-refractivity contribution in [2.45, 2.75) is 6.54 Å². The maximum absolute atomic E-state index is 12.4. The van der Waals surface area contributed by atoms with Gasteiger partial charge in [-0.25, -0.2) is 9.78 Å². The SMILES string of the molecule is C=C(NC(=O)Cn1cnc2c1c(=O)n(C)c(=O)n2C)SN=C(N)c1ccc(Cl)cc1. The largest absolute Gasteiger partial charge is 0.383 e. The molecule has 3 rings (SSSR count). The number of aromatic nitrogens is 4. The molecular weight excluding hydrogens is 430 g/mol. The van der Waals surface area contributed by atoms with Gasteiger partial charge in [0.2, 0.25) is 5.91 Å². The number of amidine groups is 1. The summed E-state index contributed by atoms with van der Waals surface area (Å²) in [5, 5.41) is 3.41. The van der Waals surface area contributed by atoms with Gasteiger partial charge in [-0.15, -0.1) is 0 Å². The molecule has 1 amide bonds. The van der Waals surface area contributed by atoms with Gasteiger partial charge in [-0.1, -0.05) is 18.2 Å². The molecule has 2 heterocycles. The van der Waals surface area contributed by atoms with Crippen LogP contribution in [-0.2, 0) is 25.4 Å². The number of carbonyl (C=O) groups is 1. The quantitative estimate of drug-likeness (QED) is 0.325. The number of nitrogens with one attached hydrogen (secondary N) is 1. The zero-order valence-corrected chi connectivity index (χ0v) is 17.7. The van der Waals surface area contributed by atoms with Gasteiger partial charge in [-0.05, 0) is 24.3 Å². The fourth-order valence-corrected chi connectivity index (χ4v) is 3.27. The van der Waals surface area contributed by atoms with Crippen LogP contribution in [0.5, 0.6) is 0 Å². The lowest BCUT2D eigenvalue weighted by atomic mass is 10.2. The zero-order chi connectivity index (χ0) is 22.0. The van der Waals surface area contributed by atoms with Gasteiger partial charge in [0.15, 0.2) is 11.2 Å². The maximum atomic E-state index is 12.4. The highest BCUT2D eigenvalue weighted by Crippen LogP contribution is 2.15. The number of aryl methyl sites for hydroxylation is 1. The van der Waals surface area contributed by atoms with E-state index in [0.29, 0.717) is 10.6 Å². The Morgan fingerprint density at radius 1 is 1.27 bits per heavy atom. The van der Waals surface area contributed by atoms with Gasteiger partial charge in [0, 0.05) is 36.6 Å². The predicted octanol–water partition coefficient (Wildman–Crippen LogP) is 0.728. The number of nitrogens with two attached hydrogens (primary N) is 1. The Bertz CT molecular complexity index is 1290. The van der Waals surface area contributed by atoms with Crippen molar-refractivity contribution in [3.63, 3.8) is 0 Å². The summed E-state index contributed by atoms with van der Waals surface area (Å²) in [5.41, 5.74) is 5.90. The molecule has 0 aliphatic carbocycles. The van der Waals surface area contributed by atoms with Crippen LogP contribution in [0.1, 0.15) is 5.56 Å². The average Bonchev–Trinajstić information content (AvgIpc) is 3.12. The van der Waals surface area contributed by atoms with E-state index < -0.39 is 17.2 Å². The molecule has 0 atom stereocenters. The minimum atomic E-state index is -0.535. The number of amides is 1. The summed E-state index contributed by atoms with van der Waals surface area (Å²) in [7, 11) is 2.87. The first-order chi connectivity index (χ1) is 14.2. The third-order valence-electron chi connectivity index (χ3n) is 4.20. The first-order valence-electron chi connectivity index (χ1n) is 8.55. The molecule has 0 spiro atoms. The Kier molecular flexibility index (Phi) is 6.13. The molecule has 3 aromatic rings. The van der Waals surface area contributed by atoms with Crippen molar-refractivity contribution < 1.29 is 4.79 Å². The number of rotatable bonds is 6. The van der Waals surface area contributed by atoms with Crippen molar-refractivity contribution in [2.24, 2.45) is 24.2 Å². The number of carbonyl (C=O) groups excluding carboxylic acids is 1. The third kappa shape index (κ3) is 4.31. The fourth-order valence-electron chi connectivity index (χ4n) is 2.67. The van der Waals surface area contributed by atoms with E-state index in [-0.39, 0.29) is 28.6 Å². The second-order valence-electron chi connectivity index (χ2n) is 6.30. The van der Waals surface area contributed by atoms with Gasteiger partial charge in [0.25, 0.3) is 5.56 Å². The van der Waals surface area contributed by atoms with Crippen LogP contribution >= 0.6 is 23.5 Å². The van der Waals surface area contributed by atoms with Crippen LogP contribution < -0.4 is 22.3 Å². The first kappa shape index (κ1) is 21.4. The van der Waals surface area contributed by atoms with E-state index in [1.165, 1.54) is 29.6 Å². The highest BCUT2D eigenvalue weighted by Gasteiger charge is 2.16. The van der Waals surface area contributed by atoms with E-state index in [1.54, 1.807) is 24.3 Å². The van der Waals surface area contributed by atoms with Crippen molar-refractivity contribution in [3.05, 3.63) is 73.6 Å². The van der Waals surface area contributed by atoms with E-state index in [1.807, 2.05) is 0 Å². The lowest BCUT2D eigenvalue weighted by Gasteiger charge is -2.08. The molecule has 0 aliphatic rings. The van der Waals surface area contributed by atoms with E-state index in [0.717, 1.165) is 16.5 Å². The molecule has 10 nitrogen and oxygen atoms in total. The highest BCUT2D eigenvalue weighted by atomic mass is 35.5. The second kappa shape index (κ2) is 8.59. The van der Waals surface area contributed by atoms with Crippen LogP contribution in [0.25, 0.3) is 11.2 Å². The van der Waals surface area contributed by atoms with Gasteiger partial charge in [-0.3, -0.25) is 18.7 Å². The Balaban J connectivity index is 1.69. The van der Waals surface area contributed by atoms with Crippen molar-refractivity contribution in [1.82, 2.24) is 24.0 Å². The van der Waals surface area contributed by atoms with E-state index in [4.69, 9.17) is 17.3 Å². The molecule has 0 saturated carbocycles. The summed E-state index contributed by atoms with van der Waals surface area (Å²) in [6.07, 6.45) is 1.33. The number of benzene rings is 1. The Labute approximate surface area is 179 Å². The lowest BCUT2D eigenvalue weighted by molar-refractivity contribution is -0.120. The predicted molar refractivity (Wildman–Crippen MR) is 117 cm³/mol. The zero-order valence-electron chi connectivity index (χ0n) is 16.1. The fraction of sp³-hybridized carbons (Fsp3) is 0.167. The minimum Gasteiger partial charge on any atom is -0.383 e. The van der Waals surface area contributed by atoms with Gasteiger partial charge < -0.3 is 15.6 Å². The maximum Gasteiger partial charge on any atom is 0.332 e. The number of nitrogens with zero attached hydrogens (tertiary/aromatic N) is 5. The highest BCUT2D eigenvalue weighted by molar-refractivity contribution is 8.01. The van der Waals surface area contributed by atoms with Crippen LogP contribution in [0.2, 0.25) is 5.02 Å². The number of hydrogen-bond donors (Lipinski definition) is 2. The molecule has 30 heavy (non-hydrogen) atoms. The van der Waals surface area contributed by atoms with E-state index in [2.05, 4.69) is 21.3 Å². The van der Waals surface area contributed by atoms with Crippen molar-refractivity contribution in [3.8, 4) is 0 Å². The molecule has 1 aromatic carbocycles. The molecule has 3 N–H and O–H groups in total. The van der Waals surface area contributed by atoms with Crippen molar-refractivity contribution in [1.29, 1.82) is 0 Å². The lowest BCUT2D eigenvalue weighted by Crippen LogP contribution is -2.38. The smallest absolute Gasteiger partial charge is 0.332 e. The van der Waals surface area contributed by atoms with Crippen LogP contribution in [0.3, 0.4) is 0 Å². The van der Waals surface area contributed by atoms with Crippen LogP contribution in [-0.4, -0.2) is 30.4 Å². The second-order valence-corrected chi connectivity index (χ2v) is 7.59. The summed E-state index contributed by atoms with van der Waals surface area (Å²) in [6, 6.07) is 6.83. The molecule has 156 valence electrons. The Hall–Kier alpha value is -3.31. The summed E-state index contributed by atoms with van der Waals surface area (Å²) >= 11 is 6.74. The van der Waals surface area contributed by atoms with Gasteiger partial charge >= 0.3 is 5.69 Å². The molecule has 0 aliphatic heterocycles. The minimum absolute atomic E-state index is 0.151. The Morgan fingerprint density at radius 2 is 1.93 bits per heavy atom. The molecule has 12 heteroatoms. The molecular formula is C18H18ClN7O3S. The summed E-state index contributed by atoms with van der Waals surface area (Å²) in [5.74, 6) is -0.194. The van der Waals surface area contributed by atoms with Crippen molar-refractivity contribution in [2.75, 3.05) is 0 Å². The number of halogens is 1. The number of fused-ring (bicyclic) bond motifs is 1. The van der Waals surface area contributed by atoms with Gasteiger partial charge in [0.1, 0.15) is 12.4 Å². The number of imidazole rings is 1. The van der Waals surface area contributed by atoms with Gasteiger partial charge in [-0.2, -0.15) is 4.40 Å². The normalized spacial score (nSPS) is 11.6. The number of hydrogen-bond acceptors (Lipinski definition) is 6. The Morgan fingerprint density at radius 3 is 2.60 bits per heavy atom. The topological polar surface area (TPSA) is 129 Å². The molecule has 0 bridgehead atoms. The van der Waals surface area contributed by atoms with Crippen LogP contribution in [0.15, 0.2) is 56.2 Å². The third-order valence-corrected chi connectivity index (χ3v) is 5.07. The van der Waals surface area contributed by atoms with Crippen LogP contribution in [0, 0.1) is 0 Å². The summed E-state index contributed by atoms with van der Waals surface area (Å²) in [6.45, 7) is 3.54.